The van der Waals surface area contributed by atoms with E-state index in [0.717, 1.165) is 5.92 Å². The van der Waals surface area contributed by atoms with E-state index in [9.17, 15) is 0 Å². The third-order valence-electron chi connectivity index (χ3n) is 4.59. The Balaban J connectivity index is 1.95. The van der Waals surface area contributed by atoms with Crippen LogP contribution in [0.15, 0.2) is 53.4 Å². The summed E-state index contributed by atoms with van der Waals surface area (Å²) in [6.07, 6.45) is 6.19. The molecule has 2 aromatic rings. The van der Waals surface area contributed by atoms with Gasteiger partial charge in [-0.2, -0.15) is 0 Å². The number of hydrogen-bond donors (Lipinski definition) is 1. The Bertz CT molecular complexity index is 587. The van der Waals surface area contributed by atoms with Crippen molar-refractivity contribution in [1.29, 1.82) is 0 Å². The first-order chi connectivity index (χ1) is 10.3. The molecule has 0 spiro atoms. The molecule has 0 aliphatic heterocycles. The second-order valence-corrected chi connectivity index (χ2v) is 6.63. The predicted octanol–water partition coefficient (Wildman–Crippen LogP) is 4.98. The molecule has 1 fully saturated rings. The van der Waals surface area contributed by atoms with E-state index in [1.54, 1.807) is 11.8 Å². The minimum Gasteiger partial charge on any atom is -0.309 e. The van der Waals surface area contributed by atoms with Crippen molar-refractivity contribution in [2.75, 3.05) is 13.3 Å². The molecule has 21 heavy (non-hydrogen) atoms. The topological polar surface area (TPSA) is 12.0 Å². The Morgan fingerprint density at radius 3 is 2.33 bits per heavy atom. The molecule has 2 heteroatoms. The van der Waals surface area contributed by atoms with Crippen LogP contribution in [0.5, 0.6) is 0 Å². The maximum absolute atomic E-state index is 3.51. The third-order valence-corrected chi connectivity index (χ3v) is 5.33. The van der Waals surface area contributed by atoms with Gasteiger partial charge in [0.1, 0.15) is 0 Å². The second-order valence-electron chi connectivity index (χ2n) is 5.75. The molecule has 0 bridgehead atoms. The first-order valence-electron chi connectivity index (χ1n) is 7.73. The zero-order chi connectivity index (χ0) is 14.7. The number of benzene rings is 2. The van der Waals surface area contributed by atoms with E-state index < -0.39 is 0 Å². The summed E-state index contributed by atoms with van der Waals surface area (Å²) in [6.45, 7) is 0. The maximum atomic E-state index is 3.51. The van der Waals surface area contributed by atoms with Crippen LogP contribution in [0.4, 0.5) is 0 Å². The average Bonchev–Trinajstić information content (AvgIpc) is 2.49. The molecule has 1 unspecified atom stereocenters. The Hall–Kier alpha value is -1.25. The van der Waals surface area contributed by atoms with Gasteiger partial charge in [0.05, 0.1) is 6.04 Å². The molecular formula is C19H23NS. The molecule has 1 aliphatic rings. The van der Waals surface area contributed by atoms with E-state index in [0.29, 0.717) is 0 Å². The van der Waals surface area contributed by atoms with Crippen molar-refractivity contribution in [2.24, 2.45) is 0 Å². The molecule has 0 radical (unpaired) electrons. The molecular weight excluding hydrogens is 274 g/mol. The monoisotopic (exact) mass is 297 g/mol. The quantitative estimate of drug-likeness (QED) is 0.781. The summed E-state index contributed by atoms with van der Waals surface area (Å²) in [5.74, 6) is 0.766. The highest BCUT2D eigenvalue weighted by Gasteiger charge is 2.24. The minimum atomic E-state index is 0.290. The highest BCUT2D eigenvalue weighted by Crippen LogP contribution is 2.40. The van der Waals surface area contributed by atoms with Crippen LogP contribution in [0.3, 0.4) is 0 Å². The van der Waals surface area contributed by atoms with Crippen LogP contribution in [-0.2, 0) is 0 Å². The first-order valence-corrected chi connectivity index (χ1v) is 8.96. The van der Waals surface area contributed by atoms with E-state index in [4.69, 9.17) is 0 Å². The van der Waals surface area contributed by atoms with Crippen molar-refractivity contribution in [3.63, 3.8) is 0 Å². The van der Waals surface area contributed by atoms with Gasteiger partial charge in [-0.15, -0.1) is 11.8 Å². The summed E-state index contributed by atoms with van der Waals surface area (Å²) in [6, 6.07) is 18.2. The lowest BCUT2D eigenvalue weighted by atomic mass is 9.76. The molecule has 0 amide bonds. The molecule has 0 saturated heterocycles. The molecule has 1 nitrogen and oxygen atoms in total. The number of nitrogens with one attached hydrogen (secondary N) is 1. The summed E-state index contributed by atoms with van der Waals surface area (Å²) in [7, 11) is 2.06. The van der Waals surface area contributed by atoms with Crippen LogP contribution in [0, 0.1) is 0 Å². The Kier molecular flexibility index (Phi) is 4.67. The van der Waals surface area contributed by atoms with E-state index in [1.165, 1.54) is 40.8 Å². The van der Waals surface area contributed by atoms with Gasteiger partial charge in [-0.25, -0.2) is 0 Å². The van der Waals surface area contributed by atoms with Crippen molar-refractivity contribution < 1.29 is 0 Å². The Morgan fingerprint density at radius 1 is 1.05 bits per heavy atom. The number of hydrogen-bond acceptors (Lipinski definition) is 2. The second kappa shape index (κ2) is 6.67. The van der Waals surface area contributed by atoms with Crippen LogP contribution in [0.1, 0.15) is 47.9 Å². The molecule has 110 valence electrons. The van der Waals surface area contributed by atoms with E-state index >= 15 is 0 Å². The van der Waals surface area contributed by atoms with E-state index in [2.05, 4.69) is 67.2 Å². The van der Waals surface area contributed by atoms with E-state index in [-0.39, 0.29) is 6.04 Å². The fraction of sp³-hybridized carbons (Fsp3) is 0.368. The smallest absolute Gasteiger partial charge is 0.0577 e. The molecule has 1 saturated carbocycles. The Morgan fingerprint density at radius 2 is 1.76 bits per heavy atom. The Labute approximate surface area is 132 Å². The summed E-state index contributed by atoms with van der Waals surface area (Å²) in [5, 5.41) is 3.51. The van der Waals surface area contributed by atoms with Crippen LogP contribution < -0.4 is 5.32 Å². The van der Waals surface area contributed by atoms with Crippen molar-refractivity contribution in [2.45, 2.75) is 36.1 Å². The first kappa shape index (κ1) is 14.7. The van der Waals surface area contributed by atoms with Crippen LogP contribution in [-0.4, -0.2) is 13.3 Å². The molecule has 0 aromatic heterocycles. The average molecular weight is 297 g/mol. The minimum absolute atomic E-state index is 0.290. The fourth-order valence-electron chi connectivity index (χ4n) is 3.16. The van der Waals surface area contributed by atoms with Gasteiger partial charge in [0.25, 0.3) is 0 Å². The number of thioether (sulfide) groups is 1. The molecule has 1 aliphatic carbocycles. The lowest BCUT2D eigenvalue weighted by Crippen LogP contribution is -2.21. The molecule has 1 atom stereocenters. The van der Waals surface area contributed by atoms with Gasteiger partial charge >= 0.3 is 0 Å². The summed E-state index contributed by atoms with van der Waals surface area (Å²) < 4.78 is 0. The van der Waals surface area contributed by atoms with Crippen LogP contribution in [0.2, 0.25) is 0 Å². The maximum Gasteiger partial charge on any atom is 0.0577 e. The van der Waals surface area contributed by atoms with Crippen molar-refractivity contribution in [1.82, 2.24) is 5.32 Å². The molecule has 1 N–H and O–H groups in total. The predicted molar refractivity (Wildman–Crippen MR) is 92.2 cm³/mol. The van der Waals surface area contributed by atoms with Gasteiger partial charge in [-0.3, -0.25) is 0 Å². The normalized spacial score (nSPS) is 16.5. The van der Waals surface area contributed by atoms with E-state index in [1.807, 2.05) is 0 Å². The standard InChI is InChI=1S/C19H23NS/c1-20-19(15-10-12-16(21-2)13-11-15)18-9-4-3-8-17(18)14-6-5-7-14/h3-4,8-14,19-20H,5-7H2,1-2H3. The van der Waals surface area contributed by atoms with Crippen LogP contribution in [0.25, 0.3) is 0 Å². The lowest BCUT2D eigenvalue weighted by molar-refractivity contribution is 0.415. The van der Waals surface area contributed by atoms with Gasteiger partial charge in [0.2, 0.25) is 0 Å². The zero-order valence-corrected chi connectivity index (χ0v) is 13.6. The zero-order valence-electron chi connectivity index (χ0n) is 12.8. The highest BCUT2D eigenvalue weighted by atomic mass is 32.2. The van der Waals surface area contributed by atoms with Gasteiger partial charge in [-0.05, 0) is 60.9 Å². The van der Waals surface area contributed by atoms with Gasteiger partial charge in [0.15, 0.2) is 0 Å². The SMILES string of the molecule is CNC(c1ccc(SC)cc1)c1ccccc1C1CCC1. The van der Waals surface area contributed by atoms with Crippen molar-refractivity contribution in [3.05, 3.63) is 65.2 Å². The van der Waals surface area contributed by atoms with Crippen LogP contribution >= 0.6 is 11.8 Å². The largest absolute Gasteiger partial charge is 0.309 e. The summed E-state index contributed by atoms with van der Waals surface area (Å²) >= 11 is 1.79. The third kappa shape index (κ3) is 3.02. The number of rotatable bonds is 5. The van der Waals surface area contributed by atoms with Gasteiger partial charge in [-0.1, -0.05) is 42.8 Å². The molecule has 2 aromatic carbocycles. The molecule has 0 heterocycles. The van der Waals surface area contributed by atoms with Crippen molar-refractivity contribution in [3.8, 4) is 0 Å². The molecule has 3 rings (SSSR count). The van der Waals surface area contributed by atoms with Gasteiger partial charge < -0.3 is 5.32 Å². The highest BCUT2D eigenvalue weighted by molar-refractivity contribution is 7.98. The van der Waals surface area contributed by atoms with Gasteiger partial charge in [0, 0.05) is 4.90 Å². The fourth-order valence-corrected chi connectivity index (χ4v) is 3.57. The summed E-state index contributed by atoms with van der Waals surface area (Å²) in [4.78, 5) is 1.32. The lowest BCUT2D eigenvalue weighted by Gasteiger charge is -2.30. The summed E-state index contributed by atoms with van der Waals surface area (Å²) in [5.41, 5.74) is 4.33. The van der Waals surface area contributed by atoms with Crippen molar-refractivity contribution >= 4 is 11.8 Å².